The lowest BCUT2D eigenvalue weighted by Crippen LogP contribution is -2.37. The molecule has 0 aromatic carbocycles. The average molecular weight is 222 g/mol. The Morgan fingerprint density at radius 3 is 2.43 bits per heavy atom. The van der Waals surface area contributed by atoms with Crippen molar-refractivity contribution in [1.82, 2.24) is 0 Å². The van der Waals surface area contributed by atoms with E-state index in [1.165, 1.54) is 13.8 Å². The molecule has 1 N–H and O–H groups in total. The number of hydrogen-bond acceptors (Lipinski definition) is 3. The van der Waals surface area contributed by atoms with Gasteiger partial charge in [0, 0.05) is 30.3 Å². The van der Waals surface area contributed by atoms with Gasteiger partial charge in [0.2, 0.25) is 0 Å². The van der Waals surface area contributed by atoms with Crippen molar-refractivity contribution in [2.75, 3.05) is 19.5 Å². The van der Waals surface area contributed by atoms with Crippen LogP contribution in [0.1, 0.15) is 26.7 Å². The van der Waals surface area contributed by atoms with Gasteiger partial charge >= 0.3 is 5.97 Å². The fourth-order valence-electron chi connectivity index (χ4n) is 0.832. The lowest BCUT2D eigenvalue weighted by atomic mass is 10.2. The van der Waals surface area contributed by atoms with E-state index in [0.717, 1.165) is 12.8 Å². The van der Waals surface area contributed by atoms with Crippen molar-refractivity contribution in [2.24, 2.45) is 0 Å². The fraction of sp³-hybridized carbons (Fsp3) is 0.889. The molecule has 5 heteroatoms. The average Bonchev–Trinajstić information content (AvgIpc) is 2.11. The van der Waals surface area contributed by atoms with Gasteiger partial charge in [0.15, 0.2) is 0 Å². The number of unbranched alkanes of at least 4 members (excludes halogenated alkanes) is 1. The van der Waals surface area contributed by atoms with E-state index in [-0.39, 0.29) is 0 Å². The maximum absolute atomic E-state index is 11.6. The van der Waals surface area contributed by atoms with Gasteiger partial charge in [-0.3, -0.25) is 9.00 Å². The third-order valence-electron chi connectivity index (χ3n) is 2.01. The van der Waals surface area contributed by atoms with E-state index in [2.05, 4.69) is 0 Å². The molecule has 0 aliphatic carbocycles. The molecule has 4 nitrogen and oxygen atoms in total. The van der Waals surface area contributed by atoms with Crippen LogP contribution in [0, 0.1) is 0 Å². The third kappa shape index (κ3) is 4.19. The molecule has 0 aliphatic rings. The Hall–Kier alpha value is -0.420. The number of rotatable bonds is 7. The third-order valence-corrected chi connectivity index (χ3v) is 3.98. The Morgan fingerprint density at radius 1 is 1.43 bits per heavy atom. The second kappa shape index (κ2) is 6.14. The summed E-state index contributed by atoms with van der Waals surface area (Å²) in [6.45, 7) is 3.61. The molecule has 0 aromatic rings. The van der Waals surface area contributed by atoms with Gasteiger partial charge in [-0.05, 0) is 26.7 Å². The molecule has 0 fully saturated rings. The number of carbonyl (C=O) groups is 1. The summed E-state index contributed by atoms with van der Waals surface area (Å²) in [7, 11) is 0.290. The summed E-state index contributed by atoms with van der Waals surface area (Å²) in [6.07, 6.45) is 1.55. The van der Waals surface area contributed by atoms with E-state index in [1.54, 1.807) is 7.11 Å². The molecule has 0 spiro atoms. The first kappa shape index (κ1) is 13.6. The Morgan fingerprint density at radius 2 is 2.00 bits per heavy atom. The molecule has 0 bridgehead atoms. The number of hydrogen-bond donors (Lipinski definition) is 1. The summed E-state index contributed by atoms with van der Waals surface area (Å²) in [4.78, 5) is 10.7. The molecular weight excluding hydrogens is 204 g/mol. The number of carboxylic acid groups (broad SMARTS) is 1. The largest absolute Gasteiger partial charge is 0.480 e. The van der Waals surface area contributed by atoms with Gasteiger partial charge < -0.3 is 9.84 Å². The van der Waals surface area contributed by atoms with Crippen molar-refractivity contribution in [3.8, 4) is 0 Å². The van der Waals surface area contributed by atoms with Gasteiger partial charge in [0.05, 0.1) is 0 Å². The highest BCUT2D eigenvalue weighted by molar-refractivity contribution is 7.87. The van der Waals surface area contributed by atoms with Gasteiger partial charge in [-0.15, -0.1) is 0 Å². The van der Waals surface area contributed by atoms with Crippen LogP contribution in [0.25, 0.3) is 0 Å². The quantitative estimate of drug-likeness (QED) is 0.653. The van der Waals surface area contributed by atoms with Crippen LogP contribution in [0.2, 0.25) is 0 Å². The minimum atomic E-state index is -1.32. The van der Waals surface area contributed by atoms with E-state index in [1.807, 2.05) is 0 Å². The monoisotopic (exact) mass is 222 g/mol. The molecule has 0 aromatic heterocycles. The first-order valence-electron chi connectivity index (χ1n) is 4.53. The topological polar surface area (TPSA) is 63.6 Å². The second-order valence-electron chi connectivity index (χ2n) is 3.57. The highest BCUT2D eigenvalue weighted by atomic mass is 32.2. The maximum atomic E-state index is 11.6. The standard InChI is InChI=1S/C9H18O4S/c1-9(2,8(10)11)14(12)7-5-4-6-13-3/h4-7H2,1-3H3,(H,10,11). The highest BCUT2D eigenvalue weighted by Gasteiger charge is 2.33. The van der Waals surface area contributed by atoms with Crippen LogP contribution in [-0.2, 0) is 20.3 Å². The Labute approximate surface area is 87.1 Å². The molecule has 0 amide bonds. The normalized spacial score (nSPS) is 13.9. The van der Waals surface area contributed by atoms with Gasteiger partial charge in [0.25, 0.3) is 0 Å². The molecule has 0 radical (unpaired) electrons. The van der Waals surface area contributed by atoms with Crippen LogP contribution in [0.4, 0.5) is 0 Å². The van der Waals surface area contributed by atoms with E-state index in [0.29, 0.717) is 12.4 Å². The highest BCUT2D eigenvalue weighted by Crippen LogP contribution is 2.14. The molecule has 0 heterocycles. The zero-order valence-corrected chi connectivity index (χ0v) is 9.73. The van der Waals surface area contributed by atoms with Crippen molar-refractivity contribution in [3.63, 3.8) is 0 Å². The summed E-state index contributed by atoms with van der Waals surface area (Å²) in [5.74, 6) is -0.592. The number of ether oxygens (including phenoxy) is 1. The minimum absolute atomic E-state index is 0.419. The predicted molar refractivity (Wildman–Crippen MR) is 55.8 cm³/mol. The molecular formula is C9H18O4S. The second-order valence-corrected chi connectivity index (χ2v) is 5.68. The lowest BCUT2D eigenvalue weighted by molar-refractivity contribution is -0.139. The van der Waals surface area contributed by atoms with Gasteiger partial charge in [-0.25, -0.2) is 0 Å². The van der Waals surface area contributed by atoms with Crippen LogP contribution in [0.15, 0.2) is 0 Å². The lowest BCUT2D eigenvalue weighted by Gasteiger charge is -2.18. The summed E-state index contributed by atoms with van der Waals surface area (Å²) in [6, 6.07) is 0. The first-order chi connectivity index (χ1) is 6.42. The number of methoxy groups -OCH3 is 1. The summed E-state index contributed by atoms with van der Waals surface area (Å²) in [5, 5.41) is 8.80. The molecule has 1 atom stereocenters. The molecule has 1 unspecified atom stereocenters. The van der Waals surface area contributed by atoms with E-state index < -0.39 is 21.5 Å². The van der Waals surface area contributed by atoms with Crippen molar-refractivity contribution >= 4 is 16.8 Å². The van der Waals surface area contributed by atoms with Crippen molar-refractivity contribution in [2.45, 2.75) is 31.4 Å². The van der Waals surface area contributed by atoms with Gasteiger partial charge in [-0.2, -0.15) is 0 Å². The zero-order valence-electron chi connectivity index (χ0n) is 8.91. The van der Waals surface area contributed by atoms with Crippen molar-refractivity contribution < 1.29 is 18.8 Å². The minimum Gasteiger partial charge on any atom is -0.480 e. The molecule has 14 heavy (non-hydrogen) atoms. The predicted octanol–water partition coefficient (Wildman–Crippen LogP) is 1.02. The van der Waals surface area contributed by atoms with Gasteiger partial charge in [-0.1, -0.05) is 0 Å². The Kier molecular flexibility index (Phi) is 5.95. The summed E-state index contributed by atoms with van der Waals surface area (Å²) < 4.78 is 15.3. The fourth-order valence-corrected chi connectivity index (χ4v) is 2.00. The van der Waals surface area contributed by atoms with Gasteiger partial charge in [0.1, 0.15) is 4.75 Å². The maximum Gasteiger partial charge on any atom is 0.321 e. The Balaban J connectivity index is 3.90. The number of carboxylic acids is 1. The van der Waals surface area contributed by atoms with E-state index >= 15 is 0 Å². The van der Waals surface area contributed by atoms with Crippen LogP contribution >= 0.6 is 0 Å². The summed E-state index contributed by atoms with van der Waals surface area (Å²) in [5.41, 5.74) is 0. The van der Waals surface area contributed by atoms with Crippen LogP contribution in [-0.4, -0.2) is 39.5 Å². The zero-order chi connectivity index (χ0) is 11.2. The van der Waals surface area contributed by atoms with Crippen LogP contribution in [0.5, 0.6) is 0 Å². The van der Waals surface area contributed by atoms with Crippen molar-refractivity contribution in [3.05, 3.63) is 0 Å². The summed E-state index contributed by atoms with van der Waals surface area (Å²) >= 11 is 0. The molecule has 0 aliphatic heterocycles. The first-order valence-corrected chi connectivity index (χ1v) is 5.85. The van der Waals surface area contributed by atoms with Crippen LogP contribution in [0.3, 0.4) is 0 Å². The SMILES string of the molecule is COCCCCS(=O)C(C)(C)C(=O)O. The molecule has 0 saturated carbocycles. The molecule has 0 saturated heterocycles. The Bertz CT molecular complexity index is 213. The molecule has 84 valence electrons. The number of aliphatic carboxylic acids is 1. The van der Waals surface area contributed by atoms with E-state index in [4.69, 9.17) is 9.84 Å². The van der Waals surface area contributed by atoms with Crippen LogP contribution < -0.4 is 0 Å². The molecule has 0 rings (SSSR count). The van der Waals surface area contributed by atoms with E-state index in [9.17, 15) is 9.00 Å². The smallest absolute Gasteiger partial charge is 0.321 e. The van der Waals surface area contributed by atoms with Crippen molar-refractivity contribution in [1.29, 1.82) is 0 Å².